The van der Waals surface area contributed by atoms with E-state index in [-0.39, 0.29) is 5.38 Å². The minimum Gasteiger partial charge on any atom is -0.408 e. The number of fused-ring (bicyclic) bond motifs is 2. The van der Waals surface area contributed by atoms with Crippen LogP contribution in [0.5, 0.6) is 0 Å². The fourth-order valence-electron chi connectivity index (χ4n) is 2.19. The smallest absolute Gasteiger partial charge is 0.408 e. The average Bonchev–Trinajstić information content (AvgIpc) is 3.08. The lowest BCUT2D eigenvalue weighted by Crippen LogP contribution is -1.92. The molecule has 0 spiro atoms. The van der Waals surface area contributed by atoms with Gasteiger partial charge >= 0.3 is 5.76 Å². The lowest BCUT2D eigenvalue weighted by atomic mass is 10.1. The number of aromatic nitrogens is 1. The Bertz CT molecular complexity index is 934. The Kier molecular flexibility index (Phi) is 2.73. The maximum absolute atomic E-state index is 11.2. The van der Waals surface area contributed by atoms with Crippen LogP contribution in [0.25, 0.3) is 20.5 Å². The second kappa shape index (κ2) is 4.48. The van der Waals surface area contributed by atoms with Gasteiger partial charge in [-0.05, 0) is 35.2 Å². The van der Waals surface area contributed by atoms with E-state index in [4.69, 9.17) is 16.0 Å². The molecule has 0 aliphatic carbocycles. The molecule has 4 aromatic rings. The quantitative estimate of drug-likeness (QED) is 0.543. The van der Waals surface area contributed by atoms with Gasteiger partial charge in [0.1, 0.15) is 0 Å². The number of aromatic amines is 1. The zero-order valence-electron chi connectivity index (χ0n) is 10.1. The minimum atomic E-state index is -0.445. The number of benzene rings is 1. The van der Waals surface area contributed by atoms with Crippen molar-refractivity contribution in [1.82, 2.24) is 4.98 Å². The number of hydrogen-bond donors (Lipinski definition) is 1. The van der Waals surface area contributed by atoms with E-state index in [0.717, 1.165) is 10.4 Å². The van der Waals surface area contributed by atoms with Crippen LogP contribution in [0.1, 0.15) is 15.8 Å². The summed E-state index contributed by atoms with van der Waals surface area (Å²) in [6.45, 7) is 0. The molecule has 1 atom stereocenters. The molecule has 0 bridgehead atoms. The summed E-state index contributed by atoms with van der Waals surface area (Å²) in [5.41, 5.74) is 2.15. The highest BCUT2D eigenvalue weighted by Crippen LogP contribution is 2.39. The standard InChI is InChI=1S/C14H8ClNO2S2/c15-13(12-6-11-10(20-12)3-4-19-11)7-1-2-8-9(5-7)18-14(17)16-8/h1-6,13H,(H,16,17). The third kappa shape index (κ3) is 1.90. The first-order valence-electron chi connectivity index (χ1n) is 5.94. The van der Waals surface area contributed by atoms with Gasteiger partial charge in [-0.25, -0.2) is 4.79 Å². The molecule has 20 heavy (non-hydrogen) atoms. The van der Waals surface area contributed by atoms with Gasteiger partial charge in [-0.15, -0.1) is 34.3 Å². The summed E-state index contributed by atoms with van der Waals surface area (Å²) in [5.74, 6) is -0.445. The molecule has 0 saturated heterocycles. The van der Waals surface area contributed by atoms with E-state index in [2.05, 4.69) is 22.5 Å². The first-order valence-corrected chi connectivity index (χ1v) is 8.08. The second-order valence-corrected chi connectivity index (χ2v) is 6.93. The molecule has 0 aliphatic rings. The van der Waals surface area contributed by atoms with E-state index >= 15 is 0 Å². The molecule has 3 heterocycles. The molecule has 1 N–H and O–H groups in total. The number of H-pyrrole nitrogens is 1. The SMILES string of the molecule is O=c1[nH]c2ccc(C(Cl)c3cc4sccc4s3)cc2o1. The number of hydrogen-bond acceptors (Lipinski definition) is 4. The van der Waals surface area contributed by atoms with Gasteiger partial charge in [0, 0.05) is 14.3 Å². The van der Waals surface area contributed by atoms with Crippen molar-refractivity contribution in [2.24, 2.45) is 0 Å². The van der Waals surface area contributed by atoms with Gasteiger partial charge in [-0.1, -0.05) is 6.07 Å². The maximum atomic E-state index is 11.2. The number of halogens is 1. The molecule has 1 unspecified atom stereocenters. The van der Waals surface area contributed by atoms with Crippen molar-refractivity contribution >= 4 is 54.8 Å². The van der Waals surface area contributed by atoms with Gasteiger partial charge in [0.15, 0.2) is 5.58 Å². The van der Waals surface area contributed by atoms with Crippen molar-refractivity contribution in [2.45, 2.75) is 5.38 Å². The Morgan fingerprint density at radius 1 is 1.20 bits per heavy atom. The van der Waals surface area contributed by atoms with Crippen LogP contribution in [0.2, 0.25) is 0 Å². The summed E-state index contributed by atoms with van der Waals surface area (Å²) < 4.78 is 7.58. The van der Waals surface area contributed by atoms with Gasteiger partial charge < -0.3 is 4.42 Å². The lowest BCUT2D eigenvalue weighted by molar-refractivity contribution is 0.555. The normalized spacial score (nSPS) is 13.2. The topological polar surface area (TPSA) is 46.0 Å². The zero-order chi connectivity index (χ0) is 13.7. The van der Waals surface area contributed by atoms with Crippen molar-refractivity contribution in [2.75, 3.05) is 0 Å². The summed E-state index contributed by atoms with van der Waals surface area (Å²) in [6, 6.07) is 9.78. The van der Waals surface area contributed by atoms with E-state index in [1.165, 1.54) is 9.40 Å². The largest absolute Gasteiger partial charge is 0.417 e. The van der Waals surface area contributed by atoms with E-state index < -0.39 is 5.76 Å². The van der Waals surface area contributed by atoms with Crippen LogP contribution in [0.15, 0.2) is 44.9 Å². The molecule has 0 amide bonds. The summed E-state index contributed by atoms with van der Waals surface area (Å²) >= 11 is 9.96. The highest BCUT2D eigenvalue weighted by molar-refractivity contribution is 7.27. The molecule has 0 fully saturated rings. The number of oxazole rings is 1. The van der Waals surface area contributed by atoms with Crippen LogP contribution in [-0.4, -0.2) is 4.98 Å². The third-order valence-corrected chi connectivity index (χ3v) is 5.92. The number of rotatable bonds is 2. The Hall–Kier alpha value is -1.56. The average molecular weight is 322 g/mol. The maximum Gasteiger partial charge on any atom is 0.417 e. The summed E-state index contributed by atoms with van der Waals surface area (Å²) in [5, 5.41) is 1.85. The van der Waals surface area contributed by atoms with E-state index in [1.807, 2.05) is 18.2 Å². The number of thiophene rings is 2. The Balaban J connectivity index is 1.80. The van der Waals surface area contributed by atoms with Crippen LogP contribution in [0.3, 0.4) is 0 Å². The monoisotopic (exact) mass is 321 g/mol. The van der Waals surface area contributed by atoms with Gasteiger partial charge in [0.2, 0.25) is 0 Å². The fourth-order valence-corrected chi connectivity index (χ4v) is 4.65. The highest BCUT2D eigenvalue weighted by Gasteiger charge is 2.16. The predicted molar refractivity (Wildman–Crippen MR) is 84.2 cm³/mol. The van der Waals surface area contributed by atoms with Crippen LogP contribution < -0.4 is 5.76 Å². The molecule has 0 saturated carbocycles. The Labute approximate surface area is 126 Å². The van der Waals surface area contributed by atoms with Crippen molar-refractivity contribution in [1.29, 1.82) is 0 Å². The first kappa shape index (κ1) is 12.2. The first-order chi connectivity index (χ1) is 9.70. The number of nitrogens with one attached hydrogen (secondary N) is 1. The molecule has 3 aromatic heterocycles. The van der Waals surface area contributed by atoms with Gasteiger partial charge in [-0.3, -0.25) is 4.98 Å². The van der Waals surface area contributed by atoms with E-state index in [0.29, 0.717) is 11.1 Å². The number of alkyl halides is 1. The summed E-state index contributed by atoms with van der Waals surface area (Å²) in [6.07, 6.45) is 0. The van der Waals surface area contributed by atoms with Crippen LogP contribution in [0, 0.1) is 0 Å². The summed E-state index contributed by atoms with van der Waals surface area (Å²) in [4.78, 5) is 14.9. The third-order valence-electron chi connectivity index (χ3n) is 3.15. The van der Waals surface area contributed by atoms with Gasteiger partial charge in [0.25, 0.3) is 0 Å². The van der Waals surface area contributed by atoms with Gasteiger partial charge in [-0.2, -0.15) is 0 Å². The van der Waals surface area contributed by atoms with E-state index in [1.54, 1.807) is 22.7 Å². The molecule has 0 aliphatic heterocycles. The Morgan fingerprint density at radius 2 is 2.10 bits per heavy atom. The molecule has 6 heteroatoms. The molecule has 3 nitrogen and oxygen atoms in total. The second-order valence-electron chi connectivity index (χ2n) is 4.43. The van der Waals surface area contributed by atoms with Gasteiger partial charge in [0.05, 0.1) is 10.9 Å². The van der Waals surface area contributed by atoms with Crippen molar-refractivity contribution < 1.29 is 4.42 Å². The molecular formula is C14H8ClNO2S2. The summed E-state index contributed by atoms with van der Waals surface area (Å²) in [7, 11) is 0. The van der Waals surface area contributed by atoms with E-state index in [9.17, 15) is 4.79 Å². The molecule has 1 aromatic carbocycles. The molecule has 4 rings (SSSR count). The van der Waals surface area contributed by atoms with Crippen LogP contribution >= 0.6 is 34.3 Å². The van der Waals surface area contributed by atoms with Crippen LogP contribution in [-0.2, 0) is 0 Å². The zero-order valence-corrected chi connectivity index (χ0v) is 12.4. The van der Waals surface area contributed by atoms with Crippen molar-refractivity contribution in [3.05, 3.63) is 56.7 Å². The molecular weight excluding hydrogens is 314 g/mol. The fraction of sp³-hybridized carbons (Fsp3) is 0.0714. The van der Waals surface area contributed by atoms with Crippen molar-refractivity contribution in [3.8, 4) is 0 Å². The molecule has 0 radical (unpaired) electrons. The molecule has 100 valence electrons. The highest BCUT2D eigenvalue weighted by atomic mass is 35.5. The lowest BCUT2D eigenvalue weighted by Gasteiger charge is -2.06. The predicted octanol–water partition coefficient (Wildman–Crippen LogP) is 4.73. The van der Waals surface area contributed by atoms with Crippen molar-refractivity contribution in [3.63, 3.8) is 0 Å². The van der Waals surface area contributed by atoms with Crippen LogP contribution in [0.4, 0.5) is 0 Å². The Morgan fingerprint density at radius 3 is 2.95 bits per heavy atom. The minimum absolute atomic E-state index is 0.232.